The van der Waals surface area contributed by atoms with Crippen molar-refractivity contribution in [2.45, 2.75) is 32.2 Å². The molecule has 1 aromatic rings. The fraction of sp³-hybridized carbons (Fsp3) is 0.571. The van der Waals surface area contributed by atoms with Crippen molar-refractivity contribution in [3.63, 3.8) is 0 Å². The van der Waals surface area contributed by atoms with E-state index in [1.165, 1.54) is 4.90 Å². The Morgan fingerprint density at radius 1 is 1.45 bits per heavy atom. The second kappa shape index (κ2) is 5.98. The van der Waals surface area contributed by atoms with Crippen LogP contribution < -0.4 is 5.32 Å². The lowest BCUT2D eigenvalue weighted by atomic mass is 9.86. The summed E-state index contributed by atoms with van der Waals surface area (Å²) in [5, 5.41) is 12.1. The molecule has 0 aliphatic heterocycles. The summed E-state index contributed by atoms with van der Waals surface area (Å²) in [6, 6.07) is 3.27. The zero-order chi connectivity index (χ0) is 14.6. The van der Waals surface area contributed by atoms with Gasteiger partial charge in [0.1, 0.15) is 5.76 Å². The minimum Gasteiger partial charge on any atom is -0.481 e. The van der Waals surface area contributed by atoms with Gasteiger partial charge < -0.3 is 19.7 Å². The maximum atomic E-state index is 12.0. The van der Waals surface area contributed by atoms with Gasteiger partial charge in [0.05, 0.1) is 18.2 Å². The highest BCUT2D eigenvalue weighted by atomic mass is 16.4. The van der Waals surface area contributed by atoms with E-state index in [2.05, 4.69) is 5.32 Å². The topological polar surface area (TPSA) is 82.8 Å². The molecule has 2 amide bonds. The van der Waals surface area contributed by atoms with Crippen LogP contribution in [0.15, 0.2) is 22.8 Å². The van der Waals surface area contributed by atoms with Crippen LogP contribution in [0.25, 0.3) is 0 Å². The molecule has 0 unspecified atom stereocenters. The molecule has 110 valence electrons. The van der Waals surface area contributed by atoms with Gasteiger partial charge in [-0.25, -0.2) is 4.79 Å². The second-order valence-corrected chi connectivity index (χ2v) is 5.39. The van der Waals surface area contributed by atoms with E-state index in [4.69, 9.17) is 4.42 Å². The van der Waals surface area contributed by atoms with E-state index >= 15 is 0 Å². The predicted molar refractivity (Wildman–Crippen MR) is 72.1 cm³/mol. The van der Waals surface area contributed by atoms with Crippen LogP contribution in [0, 0.1) is 5.41 Å². The van der Waals surface area contributed by atoms with E-state index in [1.807, 2.05) is 0 Å². The number of aliphatic carboxylic acids is 1. The van der Waals surface area contributed by atoms with Gasteiger partial charge in [-0.15, -0.1) is 0 Å². The number of amides is 2. The molecular formula is C14H20N2O4. The average Bonchev–Trinajstić information content (AvgIpc) is 3.07. The molecule has 1 fully saturated rings. The van der Waals surface area contributed by atoms with Crippen molar-refractivity contribution in [2.75, 3.05) is 13.6 Å². The van der Waals surface area contributed by atoms with Gasteiger partial charge in [-0.05, 0) is 25.0 Å². The van der Waals surface area contributed by atoms with E-state index < -0.39 is 11.4 Å². The van der Waals surface area contributed by atoms with Crippen LogP contribution >= 0.6 is 0 Å². The Labute approximate surface area is 117 Å². The molecule has 0 aromatic carbocycles. The molecule has 0 spiro atoms. The molecule has 2 rings (SSSR count). The summed E-state index contributed by atoms with van der Waals surface area (Å²) in [6.45, 7) is 0.544. The van der Waals surface area contributed by atoms with Crippen molar-refractivity contribution in [1.82, 2.24) is 10.2 Å². The third-order valence-electron chi connectivity index (χ3n) is 3.91. The Kier molecular flexibility index (Phi) is 4.32. The molecule has 0 atom stereocenters. The first kappa shape index (κ1) is 14.4. The van der Waals surface area contributed by atoms with Gasteiger partial charge in [-0.1, -0.05) is 12.8 Å². The summed E-state index contributed by atoms with van der Waals surface area (Å²) >= 11 is 0. The van der Waals surface area contributed by atoms with Crippen molar-refractivity contribution in [3.8, 4) is 0 Å². The Morgan fingerprint density at radius 2 is 2.15 bits per heavy atom. The van der Waals surface area contributed by atoms with Crippen LogP contribution in [0.3, 0.4) is 0 Å². The zero-order valence-corrected chi connectivity index (χ0v) is 11.6. The minimum atomic E-state index is -0.816. The van der Waals surface area contributed by atoms with E-state index in [0.717, 1.165) is 12.8 Å². The lowest BCUT2D eigenvalue weighted by Gasteiger charge is -2.25. The van der Waals surface area contributed by atoms with Crippen LogP contribution in [0.1, 0.15) is 31.4 Å². The number of carboxylic acids is 1. The maximum Gasteiger partial charge on any atom is 0.317 e. The van der Waals surface area contributed by atoms with Gasteiger partial charge in [0.2, 0.25) is 0 Å². The Balaban J connectivity index is 1.86. The van der Waals surface area contributed by atoms with Gasteiger partial charge in [0.15, 0.2) is 0 Å². The van der Waals surface area contributed by atoms with E-state index in [0.29, 0.717) is 25.1 Å². The van der Waals surface area contributed by atoms with Crippen molar-refractivity contribution < 1.29 is 19.1 Å². The summed E-state index contributed by atoms with van der Waals surface area (Å²) in [5.74, 6) is -0.125. The number of rotatable bonds is 5. The third-order valence-corrected chi connectivity index (χ3v) is 3.91. The molecule has 1 aliphatic carbocycles. The van der Waals surface area contributed by atoms with Crippen LogP contribution in [0.5, 0.6) is 0 Å². The fourth-order valence-corrected chi connectivity index (χ4v) is 2.61. The summed E-state index contributed by atoms with van der Waals surface area (Å²) in [5.41, 5.74) is -0.790. The van der Waals surface area contributed by atoms with Gasteiger partial charge in [-0.3, -0.25) is 4.79 Å². The highest BCUT2D eigenvalue weighted by Gasteiger charge is 2.41. The number of hydrogen-bond acceptors (Lipinski definition) is 3. The SMILES string of the molecule is CN(Cc1ccco1)C(=O)NCC1(C(=O)O)CCCC1. The van der Waals surface area contributed by atoms with E-state index in [9.17, 15) is 14.7 Å². The summed E-state index contributed by atoms with van der Waals surface area (Å²) in [4.78, 5) is 24.8. The molecule has 0 saturated heterocycles. The number of carbonyl (C=O) groups excluding carboxylic acids is 1. The van der Waals surface area contributed by atoms with Gasteiger partial charge in [-0.2, -0.15) is 0 Å². The molecule has 0 radical (unpaired) electrons. The van der Waals surface area contributed by atoms with Crippen LogP contribution in [-0.2, 0) is 11.3 Å². The first-order chi connectivity index (χ1) is 9.53. The van der Waals surface area contributed by atoms with Crippen molar-refractivity contribution in [1.29, 1.82) is 0 Å². The van der Waals surface area contributed by atoms with Crippen molar-refractivity contribution in [3.05, 3.63) is 24.2 Å². The molecule has 6 heteroatoms. The van der Waals surface area contributed by atoms with Crippen LogP contribution in [-0.4, -0.2) is 35.6 Å². The molecule has 1 heterocycles. The first-order valence-corrected chi connectivity index (χ1v) is 6.78. The molecule has 2 N–H and O–H groups in total. The van der Waals surface area contributed by atoms with Gasteiger partial charge in [0, 0.05) is 13.6 Å². The van der Waals surface area contributed by atoms with E-state index in [-0.39, 0.29) is 12.6 Å². The summed E-state index contributed by atoms with van der Waals surface area (Å²) in [7, 11) is 1.65. The van der Waals surface area contributed by atoms with E-state index in [1.54, 1.807) is 25.4 Å². The van der Waals surface area contributed by atoms with Crippen molar-refractivity contribution >= 4 is 12.0 Å². The minimum absolute atomic E-state index is 0.184. The van der Waals surface area contributed by atoms with Crippen molar-refractivity contribution in [2.24, 2.45) is 5.41 Å². The number of nitrogens with zero attached hydrogens (tertiary/aromatic N) is 1. The highest BCUT2D eigenvalue weighted by Crippen LogP contribution is 2.37. The predicted octanol–water partition coefficient (Wildman–Crippen LogP) is 2.07. The zero-order valence-electron chi connectivity index (χ0n) is 11.6. The third kappa shape index (κ3) is 3.12. The number of nitrogens with one attached hydrogen (secondary N) is 1. The van der Waals surface area contributed by atoms with Gasteiger partial charge in [0.25, 0.3) is 0 Å². The number of carbonyl (C=O) groups is 2. The van der Waals surface area contributed by atoms with Crippen LogP contribution in [0.2, 0.25) is 0 Å². The molecule has 6 nitrogen and oxygen atoms in total. The monoisotopic (exact) mass is 280 g/mol. The summed E-state index contributed by atoms with van der Waals surface area (Å²) in [6.07, 6.45) is 4.63. The molecule has 0 bridgehead atoms. The first-order valence-electron chi connectivity index (χ1n) is 6.78. The number of carboxylic acid groups (broad SMARTS) is 1. The smallest absolute Gasteiger partial charge is 0.317 e. The normalized spacial score (nSPS) is 16.9. The molecule has 20 heavy (non-hydrogen) atoms. The number of hydrogen-bond donors (Lipinski definition) is 2. The quantitative estimate of drug-likeness (QED) is 0.865. The second-order valence-electron chi connectivity index (χ2n) is 5.39. The number of furan rings is 1. The summed E-state index contributed by atoms with van der Waals surface area (Å²) < 4.78 is 5.17. The highest BCUT2D eigenvalue weighted by molar-refractivity contribution is 5.78. The molecule has 1 aliphatic rings. The Hall–Kier alpha value is -1.98. The lowest BCUT2D eigenvalue weighted by molar-refractivity contribution is -0.148. The molecular weight excluding hydrogens is 260 g/mol. The maximum absolute atomic E-state index is 12.0. The molecule has 1 saturated carbocycles. The fourth-order valence-electron chi connectivity index (χ4n) is 2.61. The Bertz CT molecular complexity index is 464. The molecule has 1 aromatic heterocycles. The largest absolute Gasteiger partial charge is 0.481 e. The average molecular weight is 280 g/mol. The van der Waals surface area contributed by atoms with Crippen LogP contribution in [0.4, 0.5) is 4.79 Å². The number of urea groups is 1. The van der Waals surface area contributed by atoms with Gasteiger partial charge >= 0.3 is 12.0 Å². The standard InChI is InChI=1S/C14H20N2O4/c1-16(9-11-5-4-8-20-11)13(19)15-10-14(12(17)18)6-2-3-7-14/h4-5,8H,2-3,6-7,9-10H2,1H3,(H,15,19)(H,17,18). The Morgan fingerprint density at radius 3 is 2.70 bits per heavy atom. The lowest BCUT2D eigenvalue weighted by Crippen LogP contribution is -2.45.